The van der Waals surface area contributed by atoms with Crippen molar-refractivity contribution in [1.29, 1.82) is 0 Å². The van der Waals surface area contributed by atoms with Crippen molar-refractivity contribution in [2.45, 2.75) is 0 Å². The van der Waals surface area contributed by atoms with Gasteiger partial charge in [0.1, 0.15) is 0 Å². The second kappa shape index (κ2) is 1.61. The van der Waals surface area contributed by atoms with Crippen molar-refractivity contribution in [3.8, 4) is 0 Å². The third-order valence-corrected chi connectivity index (χ3v) is 0.500. The summed E-state index contributed by atoms with van der Waals surface area (Å²) in [5.74, 6) is 0. The third-order valence-electron chi connectivity index (χ3n) is 0.500. The molecule has 0 atom stereocenters. The maximum atomic E-state index is 3.48. The SMILES string of the molecule is C=C([CH2+])C(=C)[CH2-]. The molecule has 0 aliphatic heterocycles. The minimum Gasteiger partial charge on any atom is -0.141 e. The van der Waals surface area contributed by atoms with Crippen LogP contribution in [0, 0.1) is 13.8 Å². The summed E-state index contributed by atoms with van der Waals surface area (Å²) < 4.78 is 0. The molecule has 0 radical (unpaired) electrons. The van der Waals surface area contributed by atoms with Crippen LogP contribution in [0.3, 0.4) is 0 Å². The van der Waals surface area contributed by atoms with Crippen molar-refractivity contribution in [2.75, 3.05) is 0 Å². The highest BCUT2D eigenvalue weighted by Crippen LogP contribution is 1.97. The fourth-order valence-corrected chi connectivity index (χ4v) is 0. The lowest BCUT2D eigenvalue weighted by Crippen LogP contribution is -1.68. The van der Waals surface area contributed by atoms with Crippen LogP contribution in [0.4, 0.5) is 0 Å². The van der Waals surface area contributed by atoms with Gasteiger partial charge in [-0.2, -0.15) is 0 Å². The summed E-state index contributed by atoms with van der Waals surface area (Å²) in [6.07, 6.45) is 0. The van der Waals surface area contributed by atoms with Gasteiger partial charge in [-0.25, -0.2) is 0 Å². The standard InChI is InChI=1S/C6H8/c1-5(2)6(3)4/h1-4H2. The van der Waals surface area contributed by atoms with E-state index in [0.717, 1.165) is 0 Å². The van der Waals surface area contributed by atoms with Crippen LogP contribution in [-0.2, 0) is 0 Å². The van der Waals surface area contributed by atoms with Gasteiger partial charge in [-0.05, 0) is 13.5 Å². The quantitative estimate of drug-likeness (QED) is 0.332. The molecule has 0 unspecified atom stereocenters. The molecular weight excluding hydrogens is 72.1 g/mol. The van der Waals surface area contributed by atoms with Crippen LogP contribution in [-0.4, -0.2) is 0 Å². The summed E-state index contributed by atoms with van der Waals surface area (Å²) in [4.78, 5) is 0. The largest absolute Gasteiger partial charge is 0.141 e. The predicted molar refractivity (Wildman–Crippen MR) is 29.0 cm³/mol. The molecule has 6 heavy (non-hydrogen) atoms. The molecule has 0 heteroatoms. The molecule has 0 spiro atoms. The molecule has 0 aliphatic rings. The minimum atomic E-state index is 0.704. The van der Waals surface area contributed by atoms with E-state index in [-0.39, 0.29) is 0 Å². The zero-order chi connectivity index (χ0) is 5.15. The van der Waals surface area contributed by atoms with Gasteiger partial charge in [0.25, 0.3) is 0 Å². The van der Waals surface area contributed by atoms with E-state index in [2.05, 4.69) is 27.0 Å². The van der Waals surface area contributed by atoms with E-state index in [4.69, 9.17) is 0 Å². The van der Waals surface area contributed by atoms with E-state index in [9.17, 15) is 0 Å². The first-order chi connectivity index (χ1) is 2.64. The van der Waals surface area contributed by atoms with Crippen molar-refractivity contribution in [3.05, 3.63) is 38.2 Å². The molecule has 0 aromatic rings. The molecule has 0 nitrogen and oxygen atoms in total. The summed E-state index contributed by atoms with van der Waals surface area (Å²) in [5.41, 5.74) is 1.41. The summed E-state index contributed by atoms with van der Waals surface area (Å²) in [6, 6.07) is 0. The van der Waals surface area contributed by atoms with E-state index in [1.807, 2.05) is 0 Å². The first kappa shape index (κ1) is 5.22. The van der Waals surface area contributed by atoms with Crippen LogP contribution < -0.4 is 0 Å². The Morgan fingerprint density at radius 1 is 1.50 bits per heavy atom. The van der Waals surface area contributed by atoms with Gasteiger partial charge in [0.2, 0.25) is 0 Å². The van der Waals surface area contributed by atoms with E-state index >= 15 is 0 Å². The first-order valence-corrected chi connectivity index (χ1v) is 1.66. The lowest BCUT2D eigenvalue weighted by molar-refractivity contribution is 1.63. The minimum absolute atomic E-state index is 0.704. The summed E-state index contributed by atoms with van der Waals surface area (Å²) >= 11 is 0. The molecule has 0 heterocycles. The van der Waals surface area contributed by atoms with Gasteiger partial charge >= 0.3 is 0 Å². The first-order valence-electron chi connectivity index (χ1n) is 1.66. The zero-order valence-corrected chi connectivity index (χ0v) is 3.83. The van der Waals surface area contributed by atoms with Gasteiger partial charge in [0, 0.05) is 5.57 Å². The normalized spacial score (nSPS) is 7.33. The Morgan fingerprint density at radius 3 is 1.67 bits per heavy atom. The maximum absolute atomic E-state index is 3.48. The molecular formula is C6H8. The van der Waals surface area contributed by atoms with Gasteiger partial charge in [0.05, 0.1) is 0 Å². The lowest BCUT2D eigenvalue weighted by atomic mass is 10.2. The van der Waals surface area contributed by atoms with Gasteiger partial charge in [-0.15, -0.1) is 13.5 Å². The second-order valence-electron chi connectivity index (χ2n) is 1.21. The number of rotatable bonds is 1. The van der Waals surface area contributed by atoms with Crippen LogP contribution in [0.5, 0.6) is 0 Å². The van der Waals surface area contributed by atoms with E-state index in [1.54, 1.807) is 0 Å². The van der Waals surface area contributed by atoms with Crippen LogP contribution in [0.1, 0.15) is 0 Å². The van der Waals surface area contributed by atoms with Gasteiger partial charge in [-0.1, -0.05) is 5.57 Å². The van der Waals surface area contributed by atoms with Crippen molar-refractivity contribution >= 4 is 0 Å². The van der Waals surface area contributed by atoms with Crippen LogP contribution >= 0.6 is 0 Å². The van der Waals surface area contributed by atoms with Crippen molar-refractivity contribution in [1.82, 2.24) is 0 Å². The van der Waals surface area contributed by atoms with E-state index < -0.39 is 0 Å². The lowest BCUT2D eigenvalue weighted by Gasteiger charge is -1.88. The Hall–Kier alpha value is -0.780. The molecule has 0 amide bonds. The predicted octanol–water partition coefficient (Wildman–Crippen LogP) is 1.77. The Morgan fingerprint density at radius 2 is 1.67 bits per heavy atom. The average molecular weight is 80.1 g/mol. The second-order valence-corrected chi connectivity index (χ2v) is 1.21. The van der Waals surface area contributed by atoms with Crippen LogP contribution in [0.15, 0.2) is 24.3 Å². The molecule has 0 saturated carbocycles. The molecule has 0 aliphatic carbocycles. The molecule has 32 valence electrons. The Labute approximate surface area is 39.2 Å². The highest BCUT2D eigenvalue weighted by Gasteiger charge is 1.77. The number of hydrogen-bond acceptors (Lipinski definition) is 0. The summed E-state index contributed by atoms with van der Waals surface area (Å²) in [6.45, 7) is 13.9. The number of hydrogen-bond donors (Lipinski definition) is 0. The fraction of sp³-hybridized carbons (Fsp3) is 0. The van der Waals surface area contributed by atoms with Gasteiger partial charge < -0.3 is 0 Å². The fourth-order valence-electron chi connectivity index (χ4n) is 0. The number of allylic oxidation sites excluding steroid dienone is 2. The van der Waals surface area contributed by atoms with Crippen LogP contribution in [0.25, 0.3) is 0 Å². The highest BCUT2D eigenvalue weighted by molar-refractivity contribution is 5.29. The van der Waals surface area contributed by atoms with Gasteiger partial charge in [-0.3, -0.25) is 0 Å². The topological polar surface area (TPSA) is 0 Å². The molecule has 0 N–H and O–H groups in total. The maximum Gasteiger partial charge on any atom is 0.0188 e. The summed E-state index contributed by atoms with van der Waals surface area (Å²) in [7, 11) is 0. The van der Waals surface area contributed by atoms with Crippen molar-refractivity contribution in [2.24, 2.45) is 0 Å². The van der Waals surface area contributed by atoms with Crippen molar-refractivity contribution in [3.63, 3.8) is 0 Å². The Kier molecular flexibility index (Phi) is 1.40. The van der Waals surface area contributed by atoms with E-state index in [0.29, 0.717) is 11.1 Å². The monoisotopic (exact) mass is 80.1 g/mol. The van der Waals surface area contributed by atoms with E-state index in [1.165, 1.54) is 0 Å². The molecule has 0 aromatic heterocycles. The average Bonchev–Trinajstić information content (AvgIpc) is 1.36. The third kappa shape index (κ3) is 1.53. The molecule has 0 rings (SSSR count). The van der Waals surface area contributed by atoms with Crippen molar-refractivity contribution < 1.29 is 0 Å². The van der Waals surface area contributed by atoms with Crippen LogP contribution in [0.2, 0.25) is 0 Å². The van der Waals surface area contributed by atoms with Gasteiger partial charge in [0.15, 0.2) is 0 Å². The Balaban J connectivity index is 3.57. The molecule has 0 bridgehead atoms. The zero-order valence-electron chi connectivity index (χ0n) is 3.83. The molecule has 0 aromatic carbocycles. The Bertz CT molecular complexity index is 66.0. The summed E-state index contributed by atoms with van der Waals surface area (Å²) in [5, 5.41) is 0. The molecule has 0 fully saturated rings. The smallest absolute Gasteiger partial charge is 0.0188 e. The molecule has 0 saturated heterocycles. The highest BCUT2D eigenvalue weighted by atomic mass is 13.8.